The van der Waals surface area contributed by atoms with Crippen LogP contribution in [0, 0.1) is 5.92 Å². The predicted octanol–water partition coefficient (Wildman–Crippen LogP) is 3.74. The summed E-state index contributed by atoms with van der Waals surface area (Å²) < 4.78 is 22.5. The van der Waals surface area contributed by atoms with E-state index < -0.39 is 10.0 Å². The average molecular weight is 349 g/mol. The molecule has 1 aliphatic rings. The molecule has 5 heteroatoms. The minimum atomic E-state index is -3.73. The number of sulfonamides is 1. The molecular weight excluding hydrogens is 322 g/mol. The average Bonchev–Trinajstić information content (AvgIpc) is 2.53. The Hall–Kier alpha value is -1.46. The van der Waals surface area contributed by atoms with Crippen molar-refractivity contribution in [2.75, 3.05) is 0 Å². The first-order chi connectivity index (χ1) is 10.9. The Kier molecular flexibility index (Phi) is 4.81. The molecule has 0 saturated heterocycles. The van der Waals surface area contributed by atoms with Crippen LogP contribution in [0.15, 0.2) is 17.5 Å². The second-order valence-electron chi connectivity index (χ2n) is 8.08. The molecule has 0 amide bonds. The SMILES string of the molecule is CC1CCC(C)(C)c2cc(C=O)c(/C=C/S(N)(=O)=O)cc2C1(C)C. The highest BCUT2D eigenvalue weighted by Gasteiger charge is 2.38. The molecule has 1 atom stereocenters. The van der Waals surface area contributed by atoms with E-state index in [4.69, 9.17) is 5.14 Å². The standard InChI is InChI=1S/C19H27NO3S/c1-13-6-8-18(2,3)16-11-15(12-21)14(7-9-24(20,22)23)10-17(16)19(13,4)5/h7,9-13H,6,8H2,1-5H3,(H2,20,22,23)/b9-7+. The first-order valence-electron chi connectivity index (χ1n) is 8.23. The molecule has 1 aromatic carbocycles. The van der Waals surface area contributed by atoms with E-state index in [2.05, 4.69) is 34.6 Å². The summed E-state index contributed by atoms with van der Waals surface area (Å²) in [5.41, 5.74) is 3.35. The fourth-order valence-electron chi connectivity index (χ4n) is 3.48. The van der Waals surface area contributed by atoms with Crippen molar-refractivity contribution in [3.8, 4) is 0 Å². The molecule has 0 radical (unpaired) electrons. The lowest BCUT2D eigenvalue weighted by Gasteiger charge is -2.33. The highest BCUT2D eigenvalue weighted by atomic mass is 32.2. The van der Waals surface area contributed by atoms with Crippen molar-refractivity contribution in [1.82, 2.24) is 0 Å². The molecule has 0 spiro atoms. The molecule has 0 fully saturated rings. The van der Waals surface area contributed by atoms with Crippen molar-refractivity contribution in [3.05, 3.63) is 39.8 Å². The molecule has 2 rings (SSSR count). The number of hydrogen-bond acceptors (Lipinski definition) is 3. The minimum absolute atomic E-state index is 0.0304. The van der Waals surface area contributed by atoms with Gasteiger partial charge in [0.1, 0.15) is 0 Å². The second kappa shape index (κ2) is 6.12. The fourth-order valence-corrected chi connectivity index (χ4v) is 3.82. The highest BCUT2D eigenvalue weighted by Crippen LogP contribution is 2.47. The van der Waals surface area contributed by atoms with Gasteiger partial charge in [-0.05, 0) is 58.4 Å². The van der Waals surface area contributed by atoms with Gasteiger partial charge in [-0.25, -0.2) is 13.6 Å². The molecule has 0 heterocycles. The molecule has 132 valence electrons. The molecule has 1 aliphatic carbocycles. The van der Waals surface area contributed by atoms with Gasteiger partial charge in [-0.2, -0.15) is 0 Å². The number of rotatable bonds is 3. The van der Waals surface area contributed by atoms with Gasteiger partial charge in [0.25, 0.3) is 0 Å². The molecule has 0 aliphatic heterocycles. The van der Waals surface area contributed by atoms with E-state index in [9.17, 15) is 13.2 Å². The van der Waals surface area contributed by atoms with Crippen molar-refractivity contribution in [3.63, 3.8) is 0 Å². The van der Waals surface area contributed by atoms with Gasteiger partial charge in [-0.3, -0.25) is 4.79 Å². The normalized spacial score (nSPS) is 22.8. The van der Waals surface area contributed by atoms with Gasteiger partial charge < -0.3 is 0 Å². The lowest BCUT2D eigenvalue weighted by Crippen LogP contribution is -2.27. The van der Waals surface area contributed by atoms with Gasteiger partial charge in [0.05, 0.1) is 0 Å². The van der Waals surface area contributed by atoms with Gasteiger partial charge in [0, 0.05) is 11.0 Å². The van der Waals surface area contributed by atoms with Gasteiger partial charge >= 0.3 is 0 Å². The Bertz CT molecular complexity index is 789. The first kappa shape index (κ1) is 18.9. The van der Waals surface area contributed by atoms with E-state index in [1.807, 2.05) is 12.1 Å². The van der Waals surface area contributed by atoms with Crippen LogP contribution in [0.5, 0.6) is 0 Å². The molecular formula is C19H27NO3S. The Labute approximate surface area is 145 Å². The molecule has 0 aromatic heterocycles. The summed E-state index contributed by atoms with van der Waals surface area (Å²) in [7, 11) is -3.73. The van der Waals surface area contributed by atoms with Gasteiger partial charge in [-0.1, -0.05) is 40.7 Å². The number of carbonyl (C=O) groups is 1. The first-order valence-corrected chi connectivity index (χ1v) is 9.84. The third kappa shape index (κ3) is 3.62. The number of carbonyl (C=O) groups excluding carboxylic acids is 1. The highest BCUT2D eigenvalue weighted by molar-refractivity contribution is 7.92. The summed E-state index contributed by atoms with van der Waals surface area (Å²) in [5, 5.41) is 6.00. The maximum atomic E-state index is 11.5. The van der Waals surface area contributed by atoms with E-state index in [1.165, 1.54) is 17.2 Å². The van der Waals surface area contributed by atoms with Crippen LogP contribution in [0.4, 0.5) is 0 Å². The summed E-state index contributed by atoms with van der Waals surface area (Å²) in [6, 6.07) is 3.88. The van der Waals surface area contributed by atoms with Crippen LogP contribution in [0.2, 0.25) is 0 Å². The maximum absolute atomic E-state index is 11.5. The third-order valence-electron chi connectivity index (χ3n) is 5.65. The smallest absolute Gasteiger partial charge is 0.231 e. The van der Waals surface area contributed by atoms with Crippen molar-refractivity contribution in [2.45, 2.75) is 58.3 Å². The summed E-state index contributed by atoms with van der Waals surface area (Å²) in [6.07, 6.45) is 4.35. The monoisotopic (exact) mass is 349 g/mol. The molecule has 1 aromatic rings. The lowest BCUT2D eigenvalue weighted by molar-refractivity contribution is 0.112. The summed E-state index contributed by atoms with van der Waals surface area (Å²) in [4.78, 5) is 11.5. The van der Waals surface area contributed by atoms with Crippen molar-refractivity contribution < 1.29 is 13.2 Å². The van der Waals surface area contributed by atoms with Gasteiger partial charge in [-0.15, -0.1) is 0 Å². The van der Waals surface area contributed by atoms with Crippen LogP contribution in [-0.4, -0.2) is 14.7 Å². The van der Waals surface area contributed by atoms with Crippen molar-refractivity contribution >= 4 is 22.4 Å². The molecule has 0 bridgehead atoms. The zero-order valence-corrected chi connectivity index (χ0v) is 15.9. The van der Waals surface area contributed by atoms with E-state index in [-0.39, 0.29) is 10.8 Å². The summed E-state index contributed by atoms with van der Waals surface area (Å²) in [5.74, 6) is 0.482. The predicted molar refractivity (Wildman–Crippen MR) is 98.4 cm³/mol. The molecule has 4 nitrogen and oxygen atoms in total. The molecule has 1 unspecified atom stereocenters. The van der Waals surface area contributed by atoms with E-state index in [1.54, 1.807) is 0 Å². The van der Waals surface area contributed by atoms with E-state index in [0.29, 0.717) is 17.0 Å². The number of fused-ring (bicyclic) bond motifs is 1. The minimum Gasteiger partial charge on any atom is -0.298 e. The topological polar surface area (TPSA) is 77.2 Å². The molecule has 0 saturated carbocycles. The van der Waals surface area contributed by atoms with E-state index in [0.717, 1.165) is 24.5 Å². The van der Waals surface area contributed by atoms with Crippen LogP contribution in [0.1, 0.15) is 74.5 Å². The van der Waals surface area contributed by atoms with Crippen molar-refractivity contribution in [2.24, 2.45) is 11.1 Å². The van der Waals surface area contributed by atoms with Crippen molar-refractivity contribution in [1.29, 1.82) is 0 Å². The zero-order chi connectivity index (χ0) is 18.3. The maximum Gasteiger partial charge on any atom is 0.231 e. The fraction of sp³-hybridized carbons (Fsp3) is 0.526. The molecule has 2 N–H and O–H groups in total. The summed E-state index contributed by atoms with van der Waals surface area (Å²) >= 11 is 0. The Balaban J connectivity index is 2.76. The van der Waals surface area contributed by atoms with Crippen LogP contribution >= 0.6 is 0 Å². The number of nitrogens with two attached hydrogens (primary N) is 1. The number of hydrogen-bond donors (Lipinski definition) is 1. The Morgan fingerprint density at radius 2 is 1.71 bits per heavy atom. The quantitative estimate of drug-likeness (QED) is 0.667. The number of benzene rings is 1. The van der Waals surface area contributed by atoms with Crippen LogP contribution in [0.3, 0.4) is 0 Å². The second-order valence-corrected chi connectivity index (χ2v) is 9.53. The van der Waals surface area contributed by atoms with Gasteiger partial charge in [0.2, 0.25) is 10.0 Å². The zero-order valence-electron chi connectivity index (χ0n) is 15.1. The third-order valence-corrected chi connectivity index (χ3v) is 6.16. The number of primary sulfonamides is 1. The Morgan fingerprint density at radius 3 is 2.25 bits per heavy atom. The summed E-state index contributed by atoms with van der Waals surface area (Å²) in [6.45, 7) is 11.1. The van der Waals surface area contributed by atoms with Crippen LogP contribution in [-0.2, 0) is 20.9 Å². The molecule has 24 heavy (non-hydrogen) atoms. The Morgan fingerprint density at radius 1 is 1.12 bits per heavy atom. The van der Waals surface area contributed by atoms with E-state index >= 15 is 0 Å². The van der Waals surface area contributed by atoms with Crippen LogP contribution in [0.25, 0.3) is 6.08 Å². The van der Waals surface area contributed by atoms with Gasteiger partial charge in [0.15, 0.2) is 6.29 Å². The largest absolute Gasteiger partial charge is 0.298 e. The lowest BCUT2D eigenvalue weighted by atomic mass is 9.71. The van der Waals surface area contributed by atoms with Crippen LogP contribution < -0.4 is 5.14 Å². The number of aldehydes is 1.